The van der Waals surface area contributed by atoms with Crippen molar-refractivity contribution in [2.45, 2.75) is 0 Å². The van der Waals surface area contributed by atoms with E-state index in [0.717, 1.165) is 34.0 Å². The number of aromatic nitrogens is 2. The second-order valence-electron chi connectivity index (χ2n) is 5.65. The highest BCUT2D eigenvalue weighted by Gasteiger charge is 2.17. The van der Waals surface area contributed by atoms with Crippen LogP contribution < -0.4 is 23.7 Å². The van der Waals surface area contributed by atoms with Gasteiger partial charge in [-0.25, -0.2) is 0 Å². The van der Waals surface area contributed by atoms with Gasteiger partial charge in [-0.15, -0.1) is 0 Å². The molecule has 4 rings (SSSR count). The Bertz CT molecular complexity index is 926. The molecule has 1 N–H and O–H groups in total. The van der Waals surface area contributed by atoms with Crippen LogP contribution in [0.15, 0.2) is 36.4 Å². The highest BCUT2D eigenvalue weighted by molar-refractivity contribution is 5.73. The summed E-state index contributed by atoms with van der Waals surface area (Å²) in [6.07, 6.45) is 0. The van der Waals surface area contributed by atoms with Crippen molar-refractivity contribution in [1.82, 2.24) is 10.2 Å². The van der Waals surface area contributed by atoms with Crippen molar-refractivity contribution in [1.29, 1.82) is 0 Å². The van der Waals surface area contributed by atoms with Crippen molar-refractivity contribution >= 4 is 0 Å². The van der Waals surface area contributed by atoms with Gasteiger partial charge in [0.25, 0.3) is 0 Å². The van der Waals surface area contributed by atoms with Gasteiger partial charge in [0.05, 0.1) is 32.7 Å². The quantitative estimate of drug-likeness (QED) is 0.756. The number of fused-ring (bicyclic) bond motifs is 1. The summed E-state index contributed by atoms with van der Waals surface area (Å²) in [6.45, 7) is 0.248. The molecule has 0 amide bonds. The topological polar surface area (TPSA) is 74.8 Å². The number of nitrogens with one attached hydrogen (secondary N) is 1. The van der Waals surface area contributed by atoms with Gasteiger partial charge in [-0.1, -0.05) is 0 Å². The van der Waals surface area contributed by atoms with Crippen LogP contribution in [-0.2, 0) is 0 Å². The minimum absolute atomic E-state index is 0.248. The lowest BCUT2D eigenvalue weighted by molar-refractivity contribution is 0.174. The number of benzene rings is 2. The summed E-state index contributed by atoms with van der Waals surface area (Å²) in [4.78, 5) is 0. The molecule has 0 fully saturated rings. The molecule has 7 heteroatoms. The lowest BCUT2D eigenvalue weighted by Gasteiger charge is -2.13. The third kappa shape index (κ3) is 2.67. The molecule has 1 aliphatic rings. The molecule has 134 valence electrons. The lowest BCUT2D eigenvalue weighted by Crippen LogP contribution is -1.95. The molecule has 0 aliphatic carbocycles. The molecule has 0 radical (unpaired) electrons. The molecule has 2 heterocycles. The van der Waals surface area contributed by atoms with Crippen LogP contribution in [0, 0.1) is 0 Å². The number of H-pyrrole nitrogens is 1. The summed E-state index contributed by atoms with van der Waals surface area (Å²) < 4.78 is 27.0. The Balaban J connectivity index is 1.72. The highest BCUT2D eigenvalue weighted by Crippen LogP contribution is 2.41. The first-order valence-electron chi connectivity index (χ1n) is 7.99. The van der Waals surface area contributed by atoms with E-state index >= 15 is 0 Å². The van der Waals surface area contributed by atoms with Gasteiger partial charge in [-0.05, 0) is 36.4 Å². The Hall–Kier alpha value is -3.35. The summed E-state index contributed by atoms with van der Waals surface area (Å²) in [5.74, 6) is 3.18. The van der Waals surface area contributed by atoms with E-state index in [1.165, 1.54) is 0 Å². The summed E-state index contributed by atoms with van der Waals surface area (Å²) in [5, 5.41) is 7.47. The molecule has 3 aromatic rings. The first-order chi connectivity index (χ1) is 12.7. The van der Waals surface area contributed by atoms with Crippen molar-refractivity contribution in [2.75, 3.05) is 28.1 Å². The molecule has 0 saturated heterocycles. The van der Waals surface area contributed by atoms with Crippen LogP contribution in [0.2, 0.25) is 0 Å². The fourth-order valence-electron chi connectivity index (χ4n) is 2.91. The van der Waals surface area contributed by atoms with Crippen molar-refractivity contribution in [3.8, 4) is 51.3 Å². The SMILES string of the molecule is COc1cc(-c2cc(-c3ccc4c(c3)OCO4)[nH]n2)cc(OC)c1OC. The van der Waals surface area contributed by atoms with E-state index in [-0.39, 0.29) is 6.79 Å². The van der Waals surface area contributed by atoms with Gasteiger partial charge >= 0.3 is 0 Å². The van der Waals surface area contributed by atoms with Crippen molar-refractivity contribution in [3.63, 3.8) is 0 Å². The number of hydrogen-bond acceptors (Lipinski definition) is 6. The molecular formula is C19H18N2O5. The first kappa shape index (κ1) is 16.1. The summed E-state index contributed by atoms with van der Waals surface area (Å²) >= 11 is 0. The number of hydrogen-bond donors (Lipinski definition) is 1. The first-order valence-corrected chi connectivity index (χ1v) is 7.99. The molecule has 0 atom stereocenters. The van der Waals surface area contributed by atoms with E-state index in [1.807, 2.05) is 36.4 Å². The molecular weight excluding hydrogens is 336 g/mol. The Morgan fingerprint density at radius 1 is 0.846 bits per heavy atom. The average Bonchev–Trinajstić information content (AvgIpc) is 3.35. The molecule has 0 saturated carbocycles. The molecule has 26 heavy (non-hydrogen) atoms. The maximum atomic E-state index is 5.43. The maximum Gasteiger partial charge on any atom is 0.231 e. The molecule has 2 aromatic carbocycles. The molecule has 1 aromatic heterocycles. The molecule has 0 spiro atoms. The number of rotatable bonds is 5. The van der Waals surface area contributed by atoms with Crippen LogP contribution in [0.1, 0.15) is 0 Å². The fourth-order valence-corrected chi connectivity index (χ4v) is 2.91. The molecule has 7 nitrogen and oxygen atoms in total. The second-order valence-corrected chi connectivity index (χ2v) is 5.65. The average molecular weight is 354 g/mol. The van der Waals surface area contributed by atoms with Gasteiger partial charge in [0.1, 0.15) is 0 Å². The van der Waals surface area contributed by atoms with Gasteiger partial charge in [0, 0.05) is 11.1 Å². The summed E-state index contributed by atoms with van der Waals surface area (Å²) in [7, 11) is 4.75. The molecule has 0 unspecified atom stereocenters. The highest BCUT2D eigenvalue weighted by atomic mass is 16.7. The van der Waals surface area contributed by atoms with Gasteiger partial charge in [-0.2, -0.15) is 5.10 Å². The minimum Gasteiger partial charge on any atom is -0.493 e. The Morgan fingerprint density at radius 2 is 1.58 bits per heavy atom. The third-order valence-electron chi connectivity index (χ3n) is 4.22. The van der Waals surface area contributed by atoms with E-state index in [4.69, 9.17) is 23.7 Å². The van der Waals surface area contributed by atoms with Crippen molar-refractivity contribution < 1.29 is 23.7 Å². The number of ether oxygens (including phenoxy) is 5. The zero-order chi connectivity index (χ0) is 18.1. The van der Waals surface area contributed by atoms with Crippen LogP contribution in [0.3, 0.4) is 0 Å². The lowest BCUT2D eigenvalue weighted by atomic mass is 10.1. The van der Waals surface area contributed by atoms with Crippen LogP contribution in [0.4, 0.5) is 0 Å². The van der Waals surface area contributed by atoms with Crippen LogP contribution in [0.25, 0.3) is 22.5 Å². The zero-order valence-corrected chi connectivity index (χ0v) is 14.7. The van der Waals surface area contributed by atoms with E-state index in [0.29, 0.717) is 17.2 Å². The largest absolute Gasteiger partial charge is 0.493 e. The van der Waals surface area contributed by atoms with Crippen LogP contribution in [-0.4, -0.2) is 38.3 Å². The van der Waals surface area contributed by atoms with Gasteiger partial charge in [-0.3, -0.25) is 5.10 Å². The third-order valence-corrected chi connectivity index (χ3v) is 4.22. The summed E-state index contributed by atoms with van der Waals surface area (Å²) in [6, 6.07) is 11.5. The van der Waals surface area contributed by atoms with E-state index in [9.17, 15) is 0 Å². The smallest absolute Gasteiger partial charge is 0.231 e. The maximum absolute atomic E-state index is 5.43. The zero-order valence-electron chi connectivity index (χ0n) is 14.7. The number of nitrogens with zero attached hydrogens (tertiary/aromatic N) is 1. The second kappa shape index (κ2) is 6.51. The van der Waals surface area contributed by atoms with E-state index in [2.05, 4.69) is 10.2 Å². The monoisotopic (exact) mass is 354 g/mol. The number of methoxy groups -OCH3 is 3. The normalized spacial score (nSPS) is 12.1. The number of aromatic amines is 1. The van der Waals surface area contributed by atoms with Gasteiger partial charge in [0.15, 0.2) is 23.0 Å². The van der Waals surface area contributed by atoms with Crippen LogP contribution in [0.5, 0.6) is 28.7 Å². The predicted molar refractivity (Wildman–Crippen MR) is 95.2 cm³/mol. The molecule has 1 aliphatic heterocycles. The standard InChI is InChI=1S/C19H18N2O5/c1-22-17-7-12(8-18(23-2)19(17)24-3)14-9-13(20-21-14)11-4-5-15-16(6-11)26-10-25-15/h4-9H,10H2,1-3H3,(H,20,21). The Labute approximate surface area is 150 Å². The van der Waals surface area contributed by atoms with Crippen molar-refractivity contribution in [3.05, 3.63) is 36.4 Å². The van der Waals surface area contributed by atoms with Crippen molar-refractivity contribution in [2.24, 2.45) is 0 Å². The molecule has 0 bridgehead atoms. The summed E-state index contributed by atoms with van der Waals surface area (Å²) in [5.41, 5.74) is 3.44. The van der Waals surface area contributed by atoms with Gasteiger partial charge < -0.3 is 23.7 Å². The Kier molecular flexibility index (Phi) is 4.04. The Morgan fingerprint density at radius 3 is 2.27 bits per heavy atom. The van der Waals surface area contributed by atoms with Gasteiger partial charge in [0.2, 0.25) is 12.5 Å². The van der Waals surface area contributed by atoms with Crippen LogP contribution >= 0.6 is 0 Å². The van der Waals surface area contributed by atoms with E-state index in [1.54, 1.807) is 21.3 Å². The minimum atomic E-state index is 0.248. The van der Waals surface area contributed by atoms with E-state index < -0.39 is 0 Å². The fraction of sp³-hybridized carbons (Fsp3) is 0.211. The predicted octanol–water partition coefficient (Wildman–Crippen LogP) is 3.50.